The minimum atomic E-state index is -0.307. The normalized spacial score (nSPS) is 10.5. The maximum atomic E-state index is 12.4. The number of phenolic OH excluding ortho intramolecular Hbond substituents is 1. The summed E-state index contributed by atoms with van der Waals surface area (Å²) < 4.78 is 1.61. The molecular formula is C15H10N2O2S2. The fraction of sp³-hybridized carbons (Fsp3) is 0. The second-order valence-corrected chi connectivity index (χ2v) is 5.93. The summed E-state index contributed by atoms with van der Waals surface area (Å²) in [7, 11) is 0. The molecule has 4 nitrogen and oxygen atoms in total. The number of aromatic hydroxyl groups is 1. The zero-order chi connectivity index (χ0) is 14.8. The van der Waals surface area contributed by atoms with Crippen molar-refractivity contribution in [3.63, 3.8) is 0 Å². The lowest BCUT2D eigenvalue weighted by molar-refractivity contribution is 0.0944. The Morgan fingerprint density at radius 1 is 1.10 bits per heavy atom. The third-order valence-electron chi connectivity index (χ3n) is 2.88. The Morgan fingerprint density at radius 2 is 1.76 bits per heavy atom. The summed E-state index contributed by atoms with van der Waals surface area (Å²) >= 11 is 6.51. The van der Waals surface area contributed by atoms with E-state index in [1.54, 1.807) is 12.1 Å². The Hall–Kier alpha value is -2.31. The summed E-state index contributed by atoms with van der Waals surface area (Å²) in [4.78, 5) is 12.4. The number of phenols is 1. The molecule has 3 rings (SSSR count). The van der Waals surface area contributed by atoms with Gasteiger partial charge in [0, 0.05) is 11.1 Å². The largest absolute Gasteiger partial charge is 0.508 e. The van der Waals surface area contributed by atoms with Crippen molar-refractivity contribution in [2.24, 2.45) is 0 Å². The van der Waals surface area contributed by atoms with Crippen LogP contribution in [0.4, 0.5) is 0 Å². The van der Waals surface area contributed by atoms with Gasteiger partial charge in [0.05, 0.1) is 0 Å². The van der Waals surface area contributed by atoms with Crippen LogP contribution < -0.4 is 0 Å². The molecular weight excluding hydrogens is 304 g/mol. The number of carbonyl (C=O) groups excluding carboxylic acids is 1. The standard InChI is InChI=1S/C15H10N2O2S2/c18-12-8-6-11(7-9-12)14(19)17-15(20)21-13(16-17)10-4-2-1-3-5-10/h1-9,18H. The molecule has 0 aliphatic carbocycles. The molecule has 0 bridgehead atoms. The number of nitrogens with zero attached hydrogens (tertiary/aromatic N) is 2. The smallest absolute Gasteiger partial charge is 0.280 e. The first-order valence-electron chi connectivity index (χ1n) is 6.14. The maximum Gasteiger partial charge on any atom is 0.280 e. The molecule has 6 heteroatoms. The molecule has 3 aromatic rings. The summed E-state index contributed by atoms with van der Waals surface area (Å²) in [6.07, 6.45) is 0. The van der Waals surface area contributed by atoms with E-state index in [4.69, 9.17) is 12.2 Å². The molecule has 1 N–H and O–H groups in total. The van der Waals surface area contributed by atoms with Crippen LogP contribution in [0.25, 0.3) is 10.6 Å². The number of aromatic nitrogens is 2. The van der Waals surface area contributed by atoms with Gasteiger partial charge in [-0.2, -0.15) is 9.78 Å². The van der Waals surface area contributed by atoms with Gasteiger partial charge in [0.1, 0.15) is 10.8 Å². The third kappa shape index (κ3) is 2.76. The van der Waals surface area contributed by atoms with E-state index >= 15 is 0 Å². The van der Waals surface area contributed by atoms with Gasteiger partial charge >= 0.3 is 0 Å². The lowest BCUT2D eigenvalue weighted by Crippen LogP contribution is -2.13. The van der Waals surface area contributed by atoms with E-state index in [1.807, 2.05) is 30.3 Å². The topological polar surface area (TPSA) is 55.1 Å². The van der Waals surface area contributed by atoms with Crippen LogP contribution in [0.5, 0.6) is 5.75 Å². The van der Waals surface area contributed by atoms with Crippen molar-refractivity contribution in [2.45, 2.75) is 0 Å². The fourth-order valence-electron chi connectivity index (χ4n) is 1.83. The zero-order valence-electron chi connectivity index (χ0n) is 10.8. The predicted octanol–water partition coefficient (Wildman–Crippen LogP) is 3.74. The van der Waals surface area contributed by atoms with E-state index in [0.717, 1.165) is 5.56 Å². The molecule has 0 fully saturated rings. The summed E-state index contributed by atoms with van der Waals surface area (Å²) in [6, 6.07) is 15.6. The first-order chi connectivity index (χ1) is 10.1. The Labute approximate surface area is 129 Å². The highest BCUT2D eigenvalue weighted by Gasteiger charge is 2.14. The van der Waals surface area contributed by atoms with Crippen LogP contribution in [0.2, 0.25) is 0 Å². The number of rotatable bonds is 2. The number of benzene rings is 2. The highest BCUT2D eigenvalue weighted by molar-refractivity contribution is 7.73. The van der Waals surface area contributed by atoms with Crippen molar-refractivity contribution >= 4 is 29.5 Å². The Balaban J connectivity index is 2.00. The van der Waals surface area contributed by atoms with Gasteiger partial charge in [-0.1, -0.05) is 41.7 Å². The molecule has 2 aromatic carbocycles. The van der Waals surface area contributed by atoms with Crippen LogP contribution in [0.3, 0.4) is 0 Å². The number of carbonyl (C=O) groups is 1. The minimum Gasteiger partial charge on any atom is -0.508 e. The number of hydrogen-bond donors (Lipinski definition) is 1. The van der Waals surface area contributed by atoms with Gasteiger partial charge in [-0.3, -0.25) is 4.79 Å². The van der Waals surface area contributed by atoms with Gasteiger partial charge in [0.2, 0.25) is 0 Å². The summed E-state index contributed by atoms with van der Waals surface area (Å²) in [5.74, 6) is -0.197. The Morgan fingerprint density at radius 3 is 2.43 bits per heavy atom. The molecule has 1 heterocycles. The minimum absolute atomic E-state index is 0.110. The van der Waals surface area contributed by atoms with Gasteiger partial charge in [0.15, 0.2) is 3.95 Å². The van der Waals surface area contributed by atoms with Crippen LogP contribution in [0.15, 0.2) is 54.6 Å². The molecule has 0 unspecified atom stereocenters. The van der Waals surface area contributed by atoms with Gasteiger partial charge in [-0.05, 0) is 36.5 Å². The van der Waals surface area contributed by atoms with Crippen molar-refractivity contribution < 1.29 is 9.90 Å². The van der Waals surface area contributed by atoms with Crippen molar-refractivity contribution in [3.8, 4) is 16.3 Å². The van der Waals surface area contributed by atoms with Crippen LogP contribution in [-0.2, 0) is 0 Å². The second-order valence-electron chi connectivity index (χ2n) is 4.30. The van der Waals surface area contributed by atoms with E-state index in [0.29, 0.717) is 14.5 Å². The summed E-state index contributed by atoms with van der Waals surface area (Å²) in [5.41, 5.74) is 1.35. The Bertz CT molecular complexity index is 836. The van der Waals surface area contributed by atoms with Gasteiger partial charge in [-0.25, -0.2) is 0 Å². The molecule has 0 aliphatic rings. The average Bonchev–Trinajstić information content (AvgIpc) is 2.90. The highest BCUT2D eigenvalue weighted by atomic mass is 32.1. The molecule has 0 atom stereocenters. The first kappa shape index (κ1) is 13.7. The molecule has 21 heavy (non-hydrogen) atoms. The van der Waals surface area contributed by atoms with Crippen molar-refractivity contribution in [1.29, 1.82) is 0 Å². The molecule has 0 saturated carbocycles. The molecule has 0 aliphatic heterocycles. The zero-order valence-corrected chi connectivity index (χ0v) is 12.4. The predicted molar refractivity (Wildman–Crippen MR) is 84.2 cm³/mol. The van der Waals surface area contributed by atoms with Crippen molar-refractivity contribution in [1.82, 2.24) is 9.78 Å². The van der Waals surface area contributed by atoms with E-state index in [1.165, 1.54) is 28.2 Å². The first-order valence-corrected chi connectivity index (χ1v) is 7.37. The quantitative estimate of drug-likeness (QED) is 0.732. The molecule has 0 amide bonds. The van der Waals surface area contributed by atoms with E-state index in [9.17, 15) is 9.90 Å². The van der Waals surface area contributed by atoms with Gasteiger partial charge in [0.25, 0.3) is 5.91 Å². The van der Waals surface area contributed by atoms with E-state index in [-0.39, 0.29) is 11.7 Å². The van der Waals surface area contributed by atoms with E-state index < -0.39 is 0 Å². The number of hydrogen-bond acceptors (Lipinski definition) is 5. The second kappa shape index (κ2) is 5.59. The summed E-state index contributed by atoms with van der Waals surface area (Å²) in [5, 5.41) is 14.3. The fourth-order valence-corrected chi connectivity index (χ4v) is 2.94. The van der Waals surface area contributed by atoms with Crippen LogP contribution in [0.1, 0.15) is 10.4 Å². The van der Waals surface area contributed by atoms with Gasteiger partial charge < -0.3 is 5.11 Å². The van der Waals surface area contributed by atoms with Crippen molar-refractivity contribution in [3.05, 3.63) is 64.1 Å². The molecule has 0 saturated heterocycles. The monoisotopic (exact) mass is 314 g/mol. The van der Waals surface area contributed by atoms with E-state index in [2.05, 4.69) is 5.10 Å². The van der Waals surface area contributed by atoms with Crippen LogP contribution >= 0.6 is 23.6 Å². The molecule has 0 spiro atoms. The molecule has 0 radical (unpaired) electrons. The highest BCUT2D eigenvalue weighted by Crippen LogP contribution is 2.23. The lowest BCUT2D eigenvalue weighted by atomic mass is 10.2. The summed E-state index contributed by atoms with van der Waals surface area (Å²) in [6.45, 7) is 0. The maximum absolute atomic E-state index is 12.4. The van der Waals surface area contributed by atoms with Gasteiger partial charge in [-0.15, -0.1) is 0 Å². The Kier molecular flexibility index (Phi) is 3.64. The molecule has 1 aromatic heterocycles. The SMILES string of the molecule is O=C(c1ccc(O)cc1)n1nc(-c2ccccc2)sc1=S. The molecule has 104 valence electrons. The third-order valence-corrected chi connectivity index (χ3v) is 4.16. The lowest BCUT2D eigenvalue weighted by Gasteiger charge is -2.00. The van der Waals surface area contributed by atoms with Crippen LogP contribution in [-0.4, -0.2) is 20.8 Å². The average molecular weight is 314 g/mol. The van der Waals surface area contributed by atoms with Crippen LogP contribution in [0, 0.1) is 3.95 Å². The van der Waals surface area contributed by atoms with Crippen molar-refractivity contribution in [2.75, 3.05) is 0 Å².